The predicted molar refractivity (Wildman–Crippen MR) is 78.0 cm³/mol. The van der Waals surface area contributed by atoms with Gasteiger partial charge in [0.05, 0.1) is 0 Å². The molecule has 1 heterocycles. The highest BCUT2D eigenvalue weighted by atomic mass is 16.1. The Morgan fingerprint density at radius 3 is 2.68 bits per heavy atom. The van der Waals surface area contributed by atoms with Crippen molar-refractivity contribution in [3.8, 4) is 0 Å². The van der Waals surface area contributed by atoms with Crippen LogP contribution in [-0.2, 0) is 4.79 Å². The summed E-state index contributed by atoms with van der Waals surface area (Å²) in [5.41, 5.74) is 0. The van der Waals surface area contributed by atoms with E-state index < -0.39 is 0 Å². The molecule has 0 radical (unpaired) electrons. The van der Waals surface area contributed by atoms with Gasteiger partial charge < -0.3 is 4.90 Å². The molecule has 0 bridgehead atoms. The Labute approximate surface area is 117 Å². The van der Waals surface area contributed by atoms with E-state index in [1.807, 2.05) is 0 Å². The van der Waals surface area contributed by atoms with Crippen molar-refractivity contribution in [1.82, 2.24) is 4.90 Å². The lowest BCUT2D eigenvalue weighted by Gasteiger charge is -2.50. The zero-order valence-corrected chi connectivity index (χ0v) is 12.6. The van der Waals surface area contributed by atoms with Crippen molar-refractivity contribution in [2.45, 2.75) is 64.3 Å². The fourth-order valence-corrected chi connectivity index (χ4v) is 5.19. The van der Waals surface area contributed by atoms with Crippen LogP contribution in [0.15, 0.2) is 0 Å². The first-order valence-corrected chi connectivity index (χ1v) is 8.39. The van der Waals surface area contributed by atoms with Gasteiger partial charge in [-0.25, -0.2) is 0 Å². The molecule has 0 aromatic heterocycles. The second-order valence-corrected chi connectivity index (χ2v) is 7.41. The highest BCUT2D eigenvalue weighted by molar-refractivity contribution is 5.82. The SMILES string of the molecule is CC1CC(C2CCCCC2=O)C2CCCN(C)C2C1. The number of carbonyl (C=O) groups is 1. The van der Waals surface area contributed by atoms with Gasteiger partial charge in [0.1, 0.15) is 5.78 Å². The third kappa shape index (κ3) is 2.61. The quantitative estimate of drug-likeness (QED) is 0.721. The average molecular weight is 263 g/mol. The molecule has 2 heteroatoms. The third-order valence-electron chi connectivity index (χ3n) is 6.10. The van der Waals surface area contributed by atoms with Crippen LogP contribution in [0.25, 0.3) is 0 Å². The van der Waals surface area contributed by atoms with Crippen LogP contribution in [0.5, 0.6) is 0 Å². The minimum Gasteiger partial charge on any atom is -0.303 e. The maximum Gasteiger partial charge on any atom is 0.136 e. The summed E-state index contributed by atoms with van der Waals surface area (Å²) in [6.07, 6.45) is 9.86. The van der Waals surface area contributed by atoms with Crippen LogP contribution in [0.1, 0.15) is 58.3 Å². The van der Waals surface area contributed by atoms with Crippen LogP contribution in [0.4, 0.5) is 0 Å². The van der Waals surface area contributed by atoms with Gasteiger partial charge in [0.15, 0.2) is 0 Å². The predicted octanol–water partition coefficient (Wildman–Crippen LogP) is 3.50. The molecule has 2 nitrogen and oxygen atoms in total. The first-order valence-electron chi connectivity index (χ1n) is 8.39. The Bertz CT molecular complexity index is 340. The van der Waals surface area contributed by atoms with Crippen LogP contribution in [0.2, 0.25) is 0 Å². The zero-order chi connectivity index (χ0) is 13.4. The minimum absolute atomic E-state index is 0.412. The summed E-state index contributed by atoms with van der Waals surface area (Å²) in [5.74, 6) is 3.32. The molecule has 1 saturated heterocycles. The summed E-state index contributed by atoms with van der Waals surface area (Å²) in [6, 6.07) is 0.761. The molecule has 0 amide bonds. The van der Waals surface area contributed by atoms with E-state index in [-0.39, 0.29) is 0 Å². The van der Waals surface area contributed by atoms with Gasteiger partial charge in [0.2, 0.25) is 0 Å². The fourth-order valence-electron chi connectivity index (χ4n) is 5.19. The van der Waals surface area contributed by atoms with Crippen molar-refractivity contribution < 1.29 is 4.79 Å². The van der Waals surface area contributed by atoms with E-state index in [4.69, 9.17) is 0 Å². The summed E-state index contributed by atoms with van der Waals surface area (Å²) in [6.45, 7) is 3.66. The number of hydrogen-bond donors (Lipinski definition) is 0. The molecule has 3 rings (SSSR count). The molecule has 1 aliphatic heterocycles. The van der Waals surface area contributed by atoms with Gasteiger partial charge >= 0.3 is 0 Å². The molecule has 2 aliphatic carbocycles. The van der Waals surface area contributed by atoms with E-state index in [1.165, 1.54) is 45.1 Å². The number of fused-ring (bicyclic) bond motifs is 1. The number of piperidine rings is 1. The van der Waals surface area contributed by atoms with Gasteiger partial charge in [0, 0.05) is 18.4 Å². The van der Waals surface area contributed by atoms with Crippen molar-refractivity contribution in [2.24, 2.45) is 23.7 Å². The number of ketones is 1. The molecule has 108 valence electrons. The Hall–Kier alpha value is -0.370. The van der Waals surface area contributed by atoms with Gasteiger partial charge in [-0.3, -0.25) is 4.79 Å². The highest BCUT2D eigenvalue weighted by Gasteiger charge is 2.44. The van der Waals surface area contributed by atoms with Crippen molar-refractivity contribution in [2.75, 3.05) is 13.6 Å². The van der Waals surface area contributed by atoms with E-state index >= 15 is 0 Å². The minimum atomic E-state index is 0.412. The monoisotopic (exact) mass is 263 g/mol. The molecule has 3 fully saturated rings. The second kappa shape index (κ2) is 5.55. The van der Waals surface area contributed by atoms with E-state index in [0.717, 1.165) is 30.7 Å². The summed E-state index contributed by atoms with van der Waals surface area (Å²) >= 11 is 0. The summed E-state index contributed by atoms with van der Waals surface area (Å²) in [5, 5.41) is 0. The zero-order valence-electron chi connectivity index (χ0n) is 12.6. The van der Waals surface area contributed by atoms with Crippen molar-refractivity contribution >= 4 is 5.78 Å². The first kappa shape index (κ1) is 13.6. The molecule has 0 aromatic carbocycles. The van der Waals surface area contributed by atoms with Crippen LogP contribution in [0.3, 0.4) is 0 Å². The number of likely N-dealkylation sites (tertiary alicyclic amines) is 1. The van der Waals surface area contributed by atoms with Gasteiger partial charge in [-0.05, 0) is 69.9 Å². The number of carbonyl (C=O) groups excluding carboxylic acids is 1. The molecule has 0 aromatic rings. The second-order valence-electron chi connectivity index (χ2n) is 7.41. The normalized spacial score (nSPS) is 44.9. The number of hydrogen-bond acceptors (Lipinski definition) is 2. The number of rotatable bonds is 1. The van der Waals surface area contributed by atoms with Gasteiger partial charge in [0.25, 0.3) is 0 Å². The lowest BCUT2D eigenvalue weighted by atomic mass is 9.61. The lowest BCUT2D eigenvalue weighted by molar-refractivity contribution is -0.129. The Kier molecular flexibility index (Phi) is 3.98. The molecule has 19 heavy (non-hydrogen) atoms. The fraction of sp³-hybridized carbons (Fsp3) is 0.941. The molecule has 5 atom stereocenters. The maximum atomic E-state index is 12.3. The number of Topliss-reactive ketones (excluding diaryl/α,β-unsaturated/α-hetero) is 1. The Balaban J connectivity index is 1.80. The molecule has 3 aliphatic rings. The van der Waals surface area contributed by atoms with Crippen LogP contribution >= 0.6 is 0 Å². The third-order valence-corrected chi connectivity index (χ3v) is 6.10. The molecule has 2 saturated carbocycles. The highest BCUT2D eigenvalue weighted by Crippen LogP contribution is 2.46. The average Bonchev–Trinajstić information content (AvgIpc) is 2.40. The Morgan fingerprint density at radius 1 is 1.05 bits per heavy atom. The van der Waals surface area contributed by atoms with Gasteiger partial charge in [-0.2, -0.15) is 0 Å². The van der Waals surface area contributed by atoms with Crippen LogP contribution in [0, 0.1) is 23.7 Å². The van der Waals surface area contributed by atoms with Gasteiger partial charge in [-0.15, -0.1) is 0 Å². The smallest absolute Gasteiger partial charge is 0.136 e. The summed E-state index contributed by atoms with van der Waals surface area (Å²) < 4.78 is 0. The van der Waals surface area contributed by atoms with Crippen molar-refractivity contribution in [1.29, 1.82) is 0 Å². The topological polar surface area (TPSA) is 20.3 Å². The maximum absolute atomic E-state index is 12.3. The molecule has 0 spiro atoms. The van der Waals surface area contributed by atoms with Crippen LogP contribution in [-0.4, -0.2) is 30.3 Å². The number of nitrogens with zero attached hydrogens (tertiary/aromatic N) is 1. The van der Waals surface area contributed by atoms with Crippen molar-refractivity contribution in [3.63, 3.8) is 0 Å². The van der Waals surface area contributed by atoms with E-state index in [0.29, 0.717) is 17.6 Å². The van der Waals surface area contributed by atoms with Crippen LogP contribution < -0.4 is 0 Å². The van der Waals surface area contributed by atoms with Crippen molar-refractivity contribution in [3.05, 3.63) is 0 Å². The largest absolute Gasteiger partial charge is 0.303 e. The van der Waals surface area contributed by atoms with E-state index in [2.05, 4.69) is 18.9 Å². The van der Waals surface area contributed by atoms with E-state index in [9.17, 15) is 4.79 Å². The lowest BCUT2D eigenvalue weighted by Crippen LogP contribution is -2.52. The van der Waals surface area contributed by atoms with E-state index in [1.54, 1.807) is 0 Å². The summed E-state index contributed by atoms with van der Waals surface area (Å²) in [4.78, 5) is 14.9. The Morgan fingerprint density at radius 2 is 1.89 bits per heavy atom. The standard InChI is InChI=1S/C17H29NO/c1-12-10-15(14-6-3-4-8-17(14)19)13-7-5-9-18(2)16(13)11-12/h12-16H,3-11H2,1-2H3. The molecule has 0 N–H and O–H groups in total. The first-order chi connectivity index (χ1) is 9.16. The molecule has 5 unspecified atom stereocenters. The summed E-state index contributed by atoms with van der Waals surface area (Å²) in [7, 11) is 2.30. The molecular weight excluding hydrogens is 234 g/mol. The van der Waals surface area contributed by atoms with Gasteiger partial charge in [-0.1, -0.05) is 13.3 Å². The molecular formula is C17H29NO.